The minimum Gasteiger partial charge on any atom is -0.368 e. The highest BCUT2D eigenvalue weighted by molar-refractivity contribution is 5.96. The lowest BCUT2D eigenvalue weighted by molar-refractivity contribution is -0.176. The number of nitrogens with two attached hydrogens (primary N) is 1. The summed E-state index contributed by atoms with van der Waals surface area (Å²) in [6.07, 6.45) is 1.04. The molecule has 0 radical (unpaired) electrons. The Bertz CT molecular complexity index is 1070. The van der Waals surface area contributed by atoms with E-state index in [-0.39, 0.29) is 42.5 Å². The van der Waals surface area contributed by atoms with Crippen molar-refractivity contribution in [3.63, 3.8) is 0 Å². The fourth-order valence-corrected chi connectivity index (χ4v) is 6.65. The topological polar surface area (TPSA) is 151 Å². The molecule has 5 aliphatic rings. The summed E-state index contributed by atoms with van der Waals surface area (Å²) in [5.41, 5.74) is 4.46. The Hall–Kier alpha value is -3.12. The summed E-state index contributed by atoms with van der Waals surface area (Å²) in [5, 5.41) is 7.16. The molecule has 0 aromatic rings. The predicted molar refractivity (Wildman–Crippen MR) is 132 cm³/mol. The number of halogens is 3. The van der Waals surface area contributed by atoms with E-state index in [0.717, 1.165) is 12.8 Å². The van der Waals surface area contributed by atoms with Gasteiger partial charge >= 0.3 is 12.1 Å². The second kappa shape index (κ2) is 10.5. The fraction of sp³-hybridized carbons (Fsp3) is 0.731. The first-order chi connectivity index (χ1) is 18.1. The van der Waals surface area contributed by atoms with E-state index in [1.807, 2.05) is 11.4 Å². The molecular weight excluding hydrogens is 519 g/mol. The zero-order valence-corrected chi connectivity index (χ0v) is 22.2. The second-order valence-electron chi connectivity index (χ2n) is 12.2. The summed E-state index contributed by atoms with van der Waals surface area (Å²) in [6.45, 7) is 5.18. The van der Waals surface area contributed by atoms with Crippen LogP contribution in [0.5, 0.6) is 0 Å². The van der Waals surface area contributed by atoms with Crippen molar-refractivity contribution in [1.29, 1.82) is 0 Å². The molecule has 5 amide bonds. The quantitative estimate of drug-likeness (QED) is 0.340. The highest BCUT2D eigenvalue weighted by Crippen LogP contribution is 2.51. The van der Waals surface area contributed by atoms with Crippen molar-refractivity contribution in [3.05, 3.63) is 12.2 Å². The highest BCUT2D eigenvalue weighted by atomic mass is 19.4. The van der Waals surface area contributed by atoms with Gasteiger partial charge in [0.25, 0.3) is 0 Å². The van der Waals surface area contributed by atoms with E-state index < -0.39 is 59.3 Å². The van der Waals surface area contributed by atoms with Crippen molar-refractivity contribution in [1.82, 2.24) is 20.9 Å². The van der Waals surface area contributed by atoms with Crippen LogP contribution in [0.4, 0.5) is 13.2 Å². The number of fused-ring (bicyclic) bond motifs is 1. The van der Waals surface area contributed by atoms with Gasteiger partial charge in [-0.1, -0.05) is 32.9 Å². The number of carbonyl (C=O) groups excluding carboxylic acids is 5. The summed E-state index contributed by atoms with van der Waals surface area (Å²) in [6, 6.07) is -3.80. The van der Waals surface area contributed by atoms with Crippen LogP contribution in [-0.2, 0) is 24.0 Å². The van der Waals surface area contributed by atoms with Gasteiger partial charge in [0.1, 0.15) is 18.1 Å². The summed E-state index contributed by atoms with van der Waals surface area (Å²) >= 11 is 0. The van der Waals surface area contributed by atoms with Crippen molar-refractivity contribution in [2.24, 2.45) is 40.7 Å². The van der Waals surface area contributed by atoms with Crippen LogP contribution in [0.1, 0.15) is 46.5 Å². The van der Waals surface area contributed by atoms with Gasteiger partial charge in [-0.2, -0.15) is 13.2 Å². The number of nitrogens with zero attached hydrogens (tertiary/aromatic N) is 1. The molecule has 0 spiro atoms. The first kappa shape index (κ1) is 28.9. The van der Waals surface area contributed by atoms with Crippen molar-refractivity contribution < 1.29 is 37.1 Å². The normalized spacial score (nSPS) is 31.3. The van der Waals surface area contributed by atoms with Crippen LogP contribution in [0.25, 0.3) is 0 Å². The first-order valence-electron chi connectivity index (χ1n) is 13.3. The van der Waals surface area contributed by atoms with Crippen LogP contribution < -0.4 is 21.7 Å². The van der Waals surface area contributed by atoms with Crippen LogP contribution in [0.3, 0.4) is 0 Å². The van der Waals surface area contributed by atoms with Gasteiger partial charge in [-0.3, -0.25) is 24.0 Å². The average molecular weight is 556 g/mol. The number of amides is 5. The van der Waals surface area contributed by atoms with E-state index in [1.54, 1.807) is 0 Å². The Balaban J connectivity index is 1.63. The largest absolute Gasteiger partial charge is 0.471 e. The van der Waals surface area contributed by atoms with Gasteiger partial charge < -0.3 is 26.6 Å². The third kappa shape index (κ3) is 5.76. The number of primary amides is 1. The molecule has 8 atom stereocenters. The van der Waals surface area contributed by atoms with Crippen molar-refractivity contribution in [2.75, 3.05) is 13.1 Å². The smallest absolute Gasteiger partial charge is 0.368 e. The number of carbonyl (C=O) groups is 5. The van der Waals surface area contributed by atoms with Gasteiger partial charge in [0.2, 0.25) is 23.6 Å². The lowest BCUT2D eigenvalue weighted by atomic mass is 9.62. The Labute approximate surface area is 224 Å². The van der Waals surface area contributed by atoms with E-state index >= 15 is 0 Å². The molecule has 5 rings (SSSR count). The van der Waals surface area contributed by atoms with Crippen LogP contribution in [0, 0.1) is 35.0 Å². The highest BCUT2D eigenvalue weighted by Gasteiger charge is 2.57. The first-order valence-corrected chi connectivity index (χ1v) is 13.3. The Morgan fingerprint density at radius 3 is 2.23 bits per heavy atom. The van der Waals surface area contributed by atoms with Crippen molar-refractivity contribution in [3.8, 4) is 0 Å². The van der Waals surface area contributed by atoms with Gasteiger partial charge in [0.05, 0.1) is 0 Å². The van der Waals surface area contributed by atoms with Crippen molar-refractivity contribution in [2.45, 2.75) is 70.8 Å². The predicted octanol–water partition coefficient (Wildman–Crippen LogP) is 0.615. The van der Waals surface area contributed by atoms with E-state index in [1.165, 1.54) is 25.7 Å². The molecule has 0 aromatic heterocycles. The van der Waals surface area contributed by atoms with Crippen LogP contribution >= 0.6 is 0 Å². The molecule has 13 heteroatoms. The maximum absolute atomic E-state index is 13.9. The number of nitrogens with one attached hydrogen (secondary N) is 3. The minimum atomic E-state index is -5.19. The summed E-state index contributed by atoms with van der Waals surface area (Å²) < 4.78 is 39.4. The van der Waals surface area contributed by atoms with Crippen LogP contribution in [0.15, 0.2) is 12.2 Å². The number of alkyl halides is 3. The molecule has 3 aliphatic carbocycles. The molecule has 10 nitrogen and oxygen atoms in total. The monoisotopic (exact) mass is 555 g/mol. The molecule has 39 heavy (non-hydrogen) atoms. The van der Waals surface area contributed by atoms with E-state index in [4.69, 9.17) is 5.73 Å². The fourth-order valence-electron chi connectivity index (χ4n) is 6.65. The van der Waals surface area contributed by atoms with Crippen molar-refractivity contribution >= 4 is 29.5 Å². The molecule has 0 aromatic carbocycles. The van der Waals surface area contributed by atoms with Gasteiger partial charge in [0.15, 0.2) is 0 Å². The molecule has 2 aliphatic heterocycles. The third-order valence-corrected chi connectivity index (χ3v) is 8.63. The molecule has 3 fully saturated rings. The van der Waals surface area contributed by atoms with Gasteiger partial charge in [-0.15, -0.1) is 0 Å². The van der Waals surface area contributed by atoms with Crippen LogP contribution in [0.2, 0.25) is 0 Å². The zero-order chi connectivity index (χ0) is 28.9. The SMILES string of the molecule is CC(C)(C)C(NC(=O)C(F)(F)F)C(=O)N1C[C@@H]2[C@@H]([C@@H]3C=C[C@H]2CC3)[C@@H]1C(=O)NC(C[C@@H]1CCNC1=O)C(N)=O. The molecule has 1 saturated carbocycles. The summed E-state index contributed by atoms with van der Waals surface area (Å²) in [4.78, 5) is 65.1. The lowest BCUT2D eigenvalue weighted by Crippen LogP contribution is -2.61. The maximum atomic E-state index is 13.9. The zero-order valence-electron chi connectivity index (χ0n) is 22.2. The Kier molecular flexibility index (Phi) is 7.74. The number of likely N-dealkylation sites (tertiary alicyclic amines) is 1. The molecule has 2 unspecified atom stereocenters. The molecule has 2 heterocycles. The van der Waals surface area contributed by atoms with E-state index in [2.05, 4.69) is 16.7 Å². The number of allylic oxidation sites excluding steroid dienone is 2. The van der Waals surface area contributed by atoms with E-state index in [9.17, 15) is 37.1 Å². The average Bonchev–Trinajstić information content (AvgIpc) is 3.45. The molecule has 2 bridgehead atoms. The second-order valence-corrected chi connectivity index (χ2v) is 12.2. The summed E-state index contributed by atoms with van der Waals surface area (Å²) in [5.74, 6) is -5.58. The maximum Gasteiger partial charge on any atom is 0.471 e. The van der Waals surface area contributed by atoms with E-state index in [0.29, 0.717) is 13.0 Å². The third-order valence-electron chi connectivity index (χ3n) is 8.63. The Morgan fingerprint density at radius 2 is 1.72 bits per heavy atom. The molecule has 2 saturated heterocycles. The van der Waals surface area contributed by atoms with Gasteiger partial charge in [-0.25, -0.2) is 0 Å². The lowest BCUT2D eigenvalue weighted by Gasteiger charge is -2.42. The summed E-state index contributed by atoms with van der Waals surface area (Å²) in [7, 11) is 0. The van der Waals surface area contributed by atoms with Gasteiger partial charge in [0, 0.05) is 19.0 Å². The number of hydrogen-bond acceptors (Lipinski definition) is 5. The Morgan fingerprint density at radius 1 is 1.08 bits per heavy atom. The number of rotatable bonds is 7. The molecule has 216 valence electrons. The van der Waals surface area contributed by atoms with Crippen LogP contribution in [-0.4, -0.2) is 71.8 Å². The minimum absolute atomic E-state index is 0.000118. The molecular formula is C26H36F3N5O5. The van der Waals surface area contributed by atoms with Gasteiger partial charge in [-0.05, 0) is 54.8 Å². The number of hydrogen-bond donors (Lipinski definition) is 4. The standard InChI is InChI=1S/C26H36F3N5O5/c1-25(2,3)19(33-24(39)26(27,28)29)23(38)34-11-15-12-4-6-13(7-5-12)17(15)18(34)22(37)32-16(20(30)35)10-14-8-9-31-21(14)36/h4,6,12-19H,5,7-11H2,1-3H3,(H2,30,35)(H,31,36)(H,32,37)(H,33,39)/t12-,13+,14-,15-,16?,17+,18+,19?/m0/s1. The molecule has 5 N–H and O–H groups in total.